The van der Waals surface area contributed by atoms with E-state index < -0.39 is 0 Å². The van der Waals surface area contributed by atoms with Gasteiger partial charge in [-0.2, -0.15) is 4.98 Å². The van der Waals surface area contributed by atoms with Gasteiger partial charge in [-0.05, 0) is 13.0 Å². The van der Waals surface area contributed by atoms with Gasteiger partial charge in [0.2, 0.25) is 0 Å². The lowest BCUT2D eigenvalue weighted by atomic mass is 10.2. The molecular formula is C11H15N3O2S. The second kappa shape index (κ2) is 5.37. The Hall–Kier alpha value is -1.27. The van der Waals surface area contributed by atoms with Crippen LogP contribution in [0.15, 0.2) is 6.07 Å². The summed E-state index contributed by atoms with van der Waals surface area (Å²) in [6, 6.07) is 2.10. The summed E-state index contributed by atoms with van der Waals surface area (Å²) in [5.41, 5.74) is 6.90. The third kappa shape index (κ3) is 3.34. The maximum atomic E-state index is 5.71. The Labute approximate surface area is 105 Å². The van der Waals surface area contributed by atoms with Crippen molar-refractivity contribution in [2.24, 2.45) is 5.73 Å². The van der Waals surface area contributed by atoms with E-state index >= 15 is 0 Å². The minimum Gasteiger partial charge on any atom is -0.460 e. The summed E-state index contributed by atoms with van der Waals surface area (Å²) in [5, 5.41) is 0. The van der Waals surface area contributed by atoms with Gasteiger partial charge in [0, 0.05) is 18.5 Å². The van der Waals surface area contributed by atoms with E-state index in [-0.39, 0.29) is 11.1 Å². The van der Waals surface area contributed by atoms with E-state index in [1.807, 2.05) is 6.92 Å². The summed E-state index contributed by atoms with van der Waals surface area (Å²) < 4.78 is 11.0. The van der Waals surface area contributed by atoms with Crippen LogP contribution in [-0.2, 0) is 4.74 Å². The highest BCUT2D eigenvalue weighted by molar-refractivity contribution is 7.80. The monoisotopic (exact) mass is 253 g/mol. The minimum atomic E-state index is 0.116. The van der Waals surface area contributed by atoms with Gasteiger partial charge in [-0.1, -0.05) is 12.2 Å². The number of nitrogens with two attached hydrogens (primary N) is 1. The Morgan fingerprint density at radius 3 is 2.82 bits per heavy atom. The molecule has 2 N–H and O–H groups in total. The first kappa shape index (κ1) is 12.2. The van der Waals surface area contributed by atoms with Gasteiger partial charge in [-0.15, -0.1) is 0 Å². The Balaban J connectivity index is 2.11. The third-order valence-corrected chi connectivity index (χ3v) is 2.74. The molecule has 17 heavy (non-hydrogen) atoms. The quantitative estimate of drug-likeness (QED) is 0.810. The highest BCUT2D eigenvalue weighted by Crippen LogP contribution is 2.15. The standard InChI is InChI=1S/C11H15N3O2S/c1-7-6-9(10(12)17)14-11(13-7)16-8-2-4-15-5-3-8/h6,8H,2-5H2,1H3,(H2,12,17). The molecule has 1 saturated heterocycles. The molecule has 0 spiro atoms. The fourth-order valence-corrected chi connectivity index (χ4v) is 1.77. The van der Waals surface area contributed by atoms with Gasteiger partial charge in [0.15, 0.2) is 0 Å². The molecule has 5 nitrogen and oxygen atoms in total. The Bertz CT molecular complexity index is 419. The summed E-state index contributed by atoms with van der Waals surface area (Å²) in [7, 11) is 0. The average Bonchev–Trinajstić information content (AvgIpc) is 2.29. The SMILES string of the molecule is Cc1cc(C(N)=S)nc(OC2CCOCC2)n1. The second-order valence-corrected chi connectivity index (χ2v) is 4.41. The molecule has 0 amide bonds. The zero-order valence-corrected chi connectivity index (χ0v) is 10.5. The summed E-state index contributed by atoms with van der Waals surface area (Å²) in [6.45, 7) is 3.30. The van der Waals surface area contributed by atoms with Gasteiger partial charge in [-0.3, -0.25) is 0 Å². The molecule has 2 rings (SSSR count). The van der Waals surface area contributed by atoms with Crippen molar-refractivity contribution in [2.75, 3.05) is 13.2 Å². The Morgan fingerprint density at radius 1 is 1.47 bits per heavy atom. The van der Waals surface area contributed by atoms with Crippen molar-refractivity contribution in [3.8, 4) is 6.01 Å². The van der Waals surface area contributed by atoms with Crippen molar-refractivity contribution < 1.29 is 9.47 Å². The van der Waals surface area contributed by atoms with Crippen LogP contribution in [0, 0.1) is 6.92 Å². The van der Waals surface area contributed by atoms with Crippen LogP contribution in [0.5, 0.6) is 6.01 Å². The molecule has 1 aliphatic heterocycles. The van der Waals surface area contributed by atoms with Crippen LogP contribution in [-0.4, -0.2) is 34.3 Å². The normalized spacial score (nSPS) is 16.8. The predicted molar refractivity (Wildman–Crippen MR) is 67.1 cm³/mol. The summed E-state index contributed by atoms with van der Waals surface area (Å²) in [5.74, 6) is 0. The van der Waals surface area contributed by atoms with Crippen molar-refractivity contribution >= 4 is 17.2 Å². The molecule has 1 aliphatic rings. The molecule has 1 aromatic heterocycles. The molecule has 0 radical (unpaired) electrons. The molecule has 0 saturated carbocycles. The number of hydrogen-bond acceptors (Lipinski definition) is 5. The number of rotatable bonds is 3. The molecule has 92 valence electrons. The number of ether oxygens (including phenoxy) is 2. The molecule has 1 aromatic rings. The third-order valence-electron chi connectivity index (χ3n) is 2.53. The van der Waals surface area contributed by atoms with Crippen molar-refractivity contribution in [2.45, 2.75) is 25.9 Å². The lowest BCUT2D eigenvalue weighted by Gasteiger charge is -2.22. The van der Waals surface area contributed by atoms with Gasteiger partial charge >= 0.3 is 6.01 Å². The van der Waals surface area contributed by atoms with Gasteiger partial charge in [0.1, 0.15) is 16.8 Å². The zero-order chi connectivity index (χ0) is 12.3. The Morgan fingerprint density at radius 2 is 2.18 bits per heavy atom. The van der Waals surface area contributed by atoms with Crippen LogP contribution < -0.4 is 10.5 Å². The average molecular weight is 253 g/mol. The first-order chi connectivity index (χ1) is 8.15. The van der Waals surface area contributed by atoms with E-state index in [2.05, 4.69) is 9.97 Å². The van der Waals surface area contributed by atoms with Crippen LogP contribution in [0.4, 0.5) is 0 Å². The largest absolute Gasteiger partial charge is 0.460 e. The molecule has 0 unspecified atom stereocenters. The molecule has 6 heteroatoms. The second-order valence-electron chi connectivity index (χ2n) is 3.97. The topological polar surface area (TPSA) is 70.3 Å². The van der Waals surface area contributed by atoms with E-state index in [1.165, 1.54) is 0 Å². The summed E-state index contributed by atoms with van der Waals surface area (Å²) >= 11 is 4.90. The fraction of sp³-hybridized carbons (Fsp3) is 0.545. The minimum absolute atomic E-state index is 0.116. The first-order valence-electron chi connectivity index (χ1n) is 5.55. The van der Waals surface area contributed by atoms with Gasteiger partial charge in [-0.25, -0.2) is 4.98 Å². The Kier molecular flexibility index (Phi) is 3.86. The van der Waals surface area contributed by atoms with Gasteiger partial charge in [0.25, 0.3) is 0 Å². The summed E-state index contributed by atoms with van der Waals surface area (Å²) in [4.78, 5) is 8.66. The number of aromatic nitrogens is 2. The molecule has 0 aliphatic carbocycles. The van der Waals surface area contributed by atoms with Crippen molar-refractivity contribution in [1.82, 2.24) is 9.97 Å². The smallest absolute Gasteiger partial charge is 0.317 e. The molecule has 0 bridgehead atoms. The van der Waals surface area contributed by atoms with Crippen LogP contribution in [0.2, 0.25) is 0 Å². The maximum absolute atomic E-state index is 5.71. The molecule has 0 atom stereocenters. The zero-order valence-electron chi connectivity index (χ0n) is 9.68. The fourth-order valence-electron chi connectivity index (χ4n) is 1.66. The van der Waals surface area contributed by atoms with Crippen molar-refractivity contribution in [3.63, 3.8) is 0 Å². The number of hydrogen-bond donors (Lipinski definition) is 1. The highest BCUT2D eigenvalue weighted by atomic mass is 32.1. The molecule has 0 aromatic carbocycles. The maximum Gasteiger partial charge on any atom is 0.317 e. The van der Waals surface area contributed by atoms with E-state index in [0.717, 1.165) is 31.7 Å². The number of thiocarbonyl (C=S) groups is 1. The van der Waals surface area contributed by atoms with E-state index in [0.29, 0.717) is 11.7 Å². The first-order valence-corrected chi connectivity index (χ1v) is 5.96. The van der Waals surface area contributed by atoms with Crippen molar-refractivity contribution in [1.29, 1.82) is 0 Å². The molecular weight excluding hydrogens is 238 g/mol. The van der Waals surface area contributed by atoms with Crippen molar-refractivity contribution in [3.05, 3.63) is 17.5 Å². The van der Waals surface area contributed by atoms with Crippen LogP contribution >= 0.6 is 12.2 Å². The van der Waals surface area contributed by atoms with Gasteiger partial charge in [0.05, 0.1) is 13.2 Å². The van der Waals surface area contributed by atoms with Gasteiger partial charge < -0.3 is 15.2 Å². The molecule has 1 fully saturated rings. The van der Waals surface area contributed by atoms with Crippen LogP contribution in [0.1, 0.15) is 24.2 Å². The van der Waals surface area contributed by atoms with Crippen LogP contribution in [0.3, 0.4) is 0 Å². The van der Waals surface area contributed by atoms with Crippen LogP contribution in [0.25, 0.3) is 0 Å². The molecule has 2 heterocycles. The summed E-state index contributed by atoms with van der Waals surface area (Å²) in [6.07, 6.45) is 1.84. The number of aryl methyl sites for hydroxylation is 1. The number of nitrogens with zero attached hydrogens (tertiary/aromatic N) is 2. The lowest BCUT2D eigenvalue weighted by molar-refractivity contribution is 0.0216. The van der Waals surface area contributed by atoms with E-state index in [4.69, 9.17) is 27.4 Å². The predicted octanol–water partition coefficient (Wildman–Crippen LogP) is 0.977. The van der Waals surface area contributed by atoms with E-state index in [1.54, 1.807) is 6.07 Å². The van der Waals surface area contributed by atoms with E-state index in [9.17, 15) is 0 Å². The highest BCUT2D eigenvalue weighted by Gasteiger charge is 2.17. The lowest BCUT2D eigenvalue weighted by Crippen LogP contribution is -2.27.